The molecule has 11 heavy (non-hydrogen) atoms. The van der Waals surface area contributed by atoms with Crippen LogP contribution in [0.2, 0.25) is 0 Å². The maximum Gasteiger partial charge on any atom is 0.263 e. The van der Waals surface area contributed by atoms with Crippen molar-refractivity contribution in [3.05, 3.63) is 22.4 Å². The van der Waals surface area contributed by atoms with Gasteiger partial charge in [0.05, 0.1) is 18.1 Å². The minimum Gasteiger partial charge on any atom is -0.334 e. The molecule has 0 radical (unpaired) electrons. The van der Waals surface area contributed by atoms with E-state index in [0.717, 1.165) is 4.88 Å². The summed E-state index contributed by atoms with van der Waals surface area (Å²) in [4.78, 5) is 1.06. The molecule has 1 aromatic rings. The lowest BCUT2D eigenvalue weighted by atomic mass is 10.5. The van der Waals surface area contributed by atoms with Gasteiger partial charge in [-0.05, 0) is 27.4 Å². The molecule has 2 rings (SSSR count). The van der Waals surface area contributed by atoms with Crippen molar-refractivity contribution in [3.8, 4) is 0 Å². The fourth-order valence-electron chi connectivity index (χ4n) is 0.978. The minimum absolute atomic E-state index is 0.652. The number of rotatable bonds is 1. The quantitative estimate of drug-likeness (QED) is 0.695. The Morgan fingerprint density at radius 2 is 2.18 bits per heavy atom. The normalized spacial score (nSPS) is 22.3. The second-order valence-corrected chi connectivity index (χ2v) is 4.20. The zero-order chi connectivity index (χ0) is 7.73. The first-order valence-corrected chi connectivity index (χ1v) is 4.99. The second kappa shape index (κ2) is 2.86. The molecule has 0 aliphatic carbocycles. The van der Waals surface area contributed by atoms with Crippen LogP contribution in [-0.2, 0) is 14.2 Å². The molecule has 60 valence electrons. The third kappa shape index (κ3) is 1.36. The van der Waals surface area contributed by atoms with Gasteiger partial charge in [-0.15, -0.1) is 11.3 Å². The van der Waals surface area contributed by atoms with E-state index in [9.17, 15) is 0 Å². The molecule has 0 N–H and O–H groups in total. The fourth-order valence-corrected chi connectivity index (χ4v) is 2.43. The summed E-state index contributed by atoms with van der Waals surface area (Å²) >= 11 is 5.02. The summed E-state index contributed by atoms with van der Waals surface area (Å²) in [7, 11) is 0. The van der Waals surface area contributed by atoms with Crippen molar-refractivity contribution in [1.29, 1.82) is 0 Å². The SMILES string of the molecule is BrC1(c2cccs2)OCCO1. The van der Waals surface area contributed by atoms with E-state index in [1.165, 1.54) is 0 Å². The van der Waals surface area contributed by atoms with Crippen molar-refractivity contribution < 1.29 is 9.47 Å². The fraction of sp³-hybridized carbons (Fsp3) is 0.429. The van der Waals surface area contributed by atoms with Gasteiger partial charge in [0.25, 0.3) is 4.70 Å². The van der Waals surface area contributed by atoms with Crippen LogP contribution < -0.4 is 0 Å². The van der Waals surface area contributed by atoms with Crippen molar-refractivity contribution in [2.75, 3.05) is 13.2 Å². The van der Waals surface area contributed by atoms with Gasteiger partial charge in [0.1, 0.15) is 0 Å². The predicted octanol–water partition coefficient (Wildman–Crippen LogP) is 2.30. The molecular weight excluding hydrogens is 228 g/mol. The van der Waals surface area contributed by atoms with Crippen molar-refractivity contribution in [3.63, 3.8) is 0 Å². The lowest BCUT2D eigenvalue weighted by molar-refractivity contribution is -0.0715. The topological polar surface area (TPSA) is 18.5 Å². The molecule has 1 aliphatic rings. The Kier molecular flexibility index (Phi) is 2.01. The lowest BCUT2D eigenvalue weighted by Crippen LogP contribution is -2.16. The lowest BCUT2D eigenvalue weighted by Gasteiger charge is -2.17. The van der Waals surface area contributed by atoms with Crippen molar-refractivity contribution in [1.82, 2.24) is 0 Å². The Morgan fingerprint density at radius 3 is 2.73 bits per heavy atom. The van der Waals surface area contributed by atoms with Gasteiger partial charge in [0.15, 0.2) is 0 Å². The molecule has 2 heterocycles. The molecule has 0 atom stereocenters. The molecule has 0 spiro atoms. The average Bonchev–Trinajstić information content (AvgIpc) is 2.55. The van der Waals surface area contributed by atoms with Crippen molar-refractivity contribution in [2.24, 2.45) is 0 Å². The molecule has 1 aliphatic heterocycles. The Hall–Kier alpha value is 0.1000. The van der Waals surface area contributed by atoms with Crippen LogP contribution in [0.25, 0.3) is 0 Å². The largest absolute Gasteiger partial charge is 0.334 e. The molecule has 1 fully saturated rings. The molecule has 1 saturated heterocycles. The molecule has 4 heteroatoms. The Labute approximate surface area is 77.3 Å². The van der Waals surface area contributed by atoms with Gasteiger partial charge < -0.3 is 9.47 Å². The van der Waals surface area contributed by atoms with E-state index in [2.05, 4.69) is 15.9 Å². The summed E-state index contributed by atoms with van der Waals surface area (Å²) < 4.78 is 10.1. The number of ether oxygens (including phenoxy) is 2. The van der Waals surface area contributed by atoms with Gasteiger partial charge in [0, 0.05) is 0 Å². The smallest absolute Gasteiger partial charge is 0.263 e. The first-order chi connectivity index (χ1) is 5.31. The molecular formula is C7H7BrO2S. The number of halogens is 1. The Morgan fingerprint density at radius 1 is 1.45 bits per heavy atom. The van der Waals surface area contributed by atoms with Gasteiger partial charge in [0.2, 0.25) is 0 Å². The number of hydrogen-bond donors (Lipinski definition) is 0. The number of alkyl halides is 1. The van der Waals surface area contributed by atoms with E-state index >= 15 is 0 Å². The van der Waals surface area contributed by atoms with E-state index in [1.807, 2.05) is 17.5 Å². The summed E-state index contributed by atoms with van der Waals surface area (Å²) in [6.07, 6.45) is 0. The highest BCUT2D eigenvalue weighted by Crippen LogP contribution is 2.39. The second-order valence-electron chi connectivity index (χ2n) is 2.21. The van der Waals surface area contributed by atoms with Crippen LogP contribution in [0.15, 0.2) is 17.5 Å². The Bertz CT molecular complexity index is 229. The molecule has 0 unspecified atom stereocenters. The van der Waals surface area contributed by atoms with Crippen LogP contribution in [-0.4, -0.2) is 13.2 Å². The standard InChI is InChI=1S/C7H7BrO2S/c8-7(9-3-4-10-7)6-2-1-5-11-6/h1-2,5H,3-4H2. The summed E-state index contributed by atoms with van der Waals surface area (Å²) in [5.74, 6) is 0. The highest BCUT2D eigenvalue weighted by Gasteiger charge is 2.36. The van der Waals surface area contributed by atoms with Gasteiger partial charge in [-0.3, -0.25) is 0 Å². The zero-order valence-electron chi connectivity index (χ0n) is 5.75. The van der Waals surface area contributed by atoms with E-state index in [4.69, 9.17) is 9.47 Å². The minimum atomic E-state index is -0.652. The van der Waals surface area contributed by atoms with Gasteiger partial charge in [-0.2, -0.15) is 0 Å². The van der Waals surface area contributed by atoms with Crippen LogP contribution in [0, 0.1) is 0 Å². The zero-order valence-corrected chi connectivity index (χ0v) is 8.15. The van der Waals surface area contributed by atoms with Crippen LogP contribution in [0.4, 0.5) is 0 Å². The third-order valence-corrected chi connectivity index (χ3v) is 3.57. The van der Waals surface area contributed by atoms with E-state index in [0.29, 0.717) is 13.2 Å². The van der Waals surface area contributed by atoms with Crippen LogP contribution >= 0.6 is 27.3 Å². The van der Waals surface area contributed by atoms with Crippen LogP contribution in [0.1, 0.15) is 4.88 Å². The van der Waals surface area contributed by atoms with Gasteiger partial charge >= 0.3 is 0 Å². The summed E-state index contributed by atoms with van der Waals surface area (Å²) in [6, 6.07) is 3.97. The van der Waals surface area contributed by atoms with Gasteiger partial charge in [-0.1, -0.05) is 6.07 Å². The summed E-state index contributed by atoms with van der Waals surface area (Å²) in [5.41, 5.74) is 0. The third-order valence-electron chi connectivity index (χ3n) is 1.47. The van der Waals surface area contributed by atoms with E-state index < -0.39 is 4.70 Å². The summed E-state index contributed by atoms with van der Waals surface area (Å²) in [5, 5.41) is 2.00. The van der Waals surface area contributed by atoms with Crippen molar-refractivity contribution >= 4 is 27.3 Å². The van der Waals surface area contributed by atoms with Gasteiger partial charge in [-0.25, -0.2) is 0 Å². The highest BCUT2D eigenvalue weighted by molar-refractivity contribution is 9.09. The molecule has 1 aromatic heterocycles. The van der Waals surface area contributed by atoms with Crippen LogP contribution in [0.5, 0.6) is 0 Å². The molecule has 0 bridgehead atoms. The predicted molar refractivity (Wildman–Crippen MR) is 46.8 cm³/mol. The average molecular weight is 235 g/mol. The van der Waals surface area contributed by atoms with Crippen molar-refractivity contribution in [2.45, 2.75) is 4.70 Å². The molecule has 2 nitrogen and oxygen atoms in total. The maximum atomic E-state index is 5.39. The molecule has 0 aromatic carbocycles. The first-order valence-electron chi connectivity index (χ1n) is 3.32. The van der Waals surface area contributed by atoms with Crippen LogP contribution in [0.3, 0.4) is 0 Å². The summed E-state index contributed by atoms with van der Waals surface area (Å²) in [6.45, 7) is 1.31. The number of thiophene rings is 1. The number of hydrogen-bond acceptors (Lipinski definition) is 3. The highest BCUT2D eigenvalue weighted by atomic mass is 79.9. The van der Waals surface area contributed by atoms with E-state index in [1.54, 1.807) is 11.3 Å². The monoisotopic (exact) mass is 234 g/mol. The molecule has 0 amide bonds. The molecule has 0 saturated carbocycles. The first kappa shape index (κ1) is 7.73. The Balaban J connectivity index is 2.27. The van der Waals surface area contributed by atoms with E-state index in [-0.39, 0.29) is 0 Å². The maximum absolute atomic E-state index is 5.39.